The smallest absolute Gasteiger partial charge is 0.232 e. The Labute approximate surface area is 183 Å². The average molecular weight is 427 g/mol. The summed E-state index contributed by atoms with van der Waals surface area (Å²) in [5.74, 6) is 1.67. The molecule has 10 nitrogen and oxygen atoms in total. The van der Waals surface area contributed by atoms with Gasteiger partial charge in [0.25, 0.3) is 0 Å². The van der Waals surface area contributed by atoms with Crippen molar-refractivity contribution >= 4 is 17.8 Å². The first kappa shape index (κ1) is 21.7. The molecule has 0 bridgehead atoms. The van der Waals surface area contributed by atoms with Gasteiger partial charge in [0.05, 0.1) is 0 Å². The van der Waals surface area contributed by atoms with Gasteiger partial charge in [-0.2, -0.15) is 15.0 Å². The van der Waals surface area contributed by atoms with Crippen molar-refractivity contribution in [2.75, 3.05) is 41.3 Å². The van der Waals surface area contributed by atoms with Crippen LogP contribution in [0.4, 0.5) is 17.8 Å². The van der Waals surface area contributed by atoms with E-state index in [2.05, 4.69) is 40.4 Å². The predicted octanol–water partition coefficient (Wildman–Crippen LogP) is -0.478. The van der Waals surface area contributed by atoms with Crippen molar-refractivity contribution in [3.8, 4) is 0 Å². The fraction of sp³-hybridized carbons (Fsp3) is 0.571. The van der Waals surface area contributed by atoms with Crippen molar-refractivity contribution in [2.24, 2.45) is 22.9 Å². The van der Waals surface area contributed by atoms with Crippen LogP contribution in [0, 0.1) is 6.92 Å². The summed E-state index contributed by atoms with van der Waals surface area (Å²) < 4.78 is 0. The van der Waals surface area contributed by atoms with Crippen molar-refractivity contribution in [1.82, 2.24) is 15.0 Å². The zero-order valence-electron chi connectivity index (χ0n) is 18.1. The first-order valence-corrected chi connectivity index (χ1v) is 10.9. The molecule has 0 spiro atoms. The van der Waals surface area contributed by atoms with Crippen molar-refractivity contribution in [2.45, 2.75) is 50.5 Å². The summed E-state index contributed by atoms with van der Waals surface area (Å²) in [7, 11) is 0. The molecule has 2 aliphatic heterocycles. The van der Waals surface area contributed by atoms with Crippen LogP contribution in [0.5, 0.6) is 0 Å². The summed E-state index contributed by atoms with van der Waals surface area (Å²) >= 11 is 0. The van der Waals surface area contributed by atoms with Gasteiger partial charge < -0.3 is 38.1 Å². The van der Waals surface area contributed by atoms with Crippen LogP contribution >= 0.6 is 0 Å². The molecule has 1 aromatic carbocycles. The minimum atomic E-state index is -0.00972. The minimum Gasteiger partial charge on any atom is -0.350 e. The Morgan fingerprint density at radius 2 is 1.35 bits per heavy atom. The van der Waals surface area contributed by atoms with E-state index in [1.807, 2.05) is 15.9 Å². The Hall–Kier alpha value is -2.53. The summed E-state index contributed by atoms with van der Waals surface area (Å²) in [6, 6.07) is 8.30. The van der Waals surface area contributed by atoms with Crippen LogP contribution in [0.3, 0.4) is 0 Å². The summed E-state index contributed by atoms with van der Waals surface area (Å²) in [4.78, 5) is 18.2. The van der Waals surface area contributed by atoms with Crippen LogP contribution in [0.2, 0.25) is 0 Å². The van der Waals surface area contributed by atoms with Crippen LogP contribution < -0.4 is 38.1 Å². The zero-order valence-corrected chi connectivity index (χ0v) is 18.1. The Morgan fingerprint density at radius 3 is 1.84 bits per heavy atom. The maximum Gasteiger partial charge on any atom is 0.232 e. The number of hydrogen-bond acceptors (Lipinski definition) is 10. The number of aryl methyl sites for hydroxylation is 1. The lowest BCUT2D eigenvalue weighted by molar-refractivity contribution is 0.441. The lowest BCUT2D eigenvalue weighted by Crippen LogP contribution is -2.54. The Morgan fingerprint density at radius 1 is 0.839 bits per heavy atom. The molecule has 0 radical (unpaired) electrons. The van der Waals surface area contributed by atoms with Gasteiger partial charge in [0.2, 0.25) is 17.8 Å². The molecule has 4 rings (SSSR count). The molecule has 3 heterocycles. The molecule has 2 saturated heterocycles. The topological polar surface area (TPSA) is 161 Å². The van der Waals surface area contributed by atoms with Crippen molar-refractivity contribution in [1.29, 1.82) is 0 Å². The SMILES string of the molecule is Cc1cccc(CNc2nc(N3C[C@H](N)C[C@H](N)C3)nc(N3C[C@H](N)C[C@H](N)C3)n2)c1. The molecule has 0 amide bonds. The number of benzene rings is 1. The molecular formula is C21H34N10. The zero-order chi connectivity index (χ0) is 22.0. The van der Waals surface area contributed by atoms with E-state index in [0.29, 0.717) is 50.6 Å². The Bertz CT molecular complexity index is 826. The van der Waals surface area contributed by atoms with Gasteiger partial charge in [-0.05, 0) is 25.3 Å². The van der Waals surface area contributed by atoms with Gasteiger partial charge in [0, 0.05) is 56.9 Å². The van der Waals surface area contributed by atoms with E-state index >= 15 is 0 Å². The second-order valence-electron chi connectivity index (χ2n) is 8.92. The maximum atomic E-state index is 6.21. The first-order chi connectivity index (χ1) is 14.9. The molecule has 2 aromatic rings. The van der Waals surface area contributed by atoms with Gasteiger partial charge in [0.1, 0.15) is 0 Å². The molecule has 168 valence electrons. The third kappa shape index (κ3) is 5.59. The number of piperidine rings is 2. The highest BCUT2D eigenvalue weighted by atomic mass is 15.4. The molecule has 0 unspecified atom stereocenters. The molecule has 0 aliphatic carbocycles. The number of nitrogens with two attached hydrogens (primary N) is 4. The van der Waals surface area contributed by atoms with Gasteiger partial charge in [-0.15, -0.1) is 0 Å². The van der Waals surface area contributed by atoms with E-state index in [1.165, 1.54) is 5.56 Å². The van der Waals surface area contributed by atoms with Gasteiger partial charge in [-0.1, -0.05) is 29.8 Å². The molecule has 4 atom stereocenters. The summed E-state index contributed by atoms with van der Waals surface area (Å²) in [6.07, 6.45) is 1.59. The van der Waals surface area contributed by atoms with Gasteiger partial charge in [0.15, 0.2) is 0 Å². The number of rotatable bonds is 5. The van der Waals surface area contributed by atoms with E-state index in [9.17, 15) is 0 Å². The number of anilines is 3. The number of aromatic nitrogens is 3. The van der Waals surface area contributed by atoms with Crippen LogP contribution in [-0.2, 0) is 6.54 Å². The van der Waals surface area contributed by atoms with E-state index in [1.54, 1.807) is 0 Å². The first-order valence-electron chi connectivity index (χ1n) is 10.9. The fourth-order valence-corrected chi connectivity index (χ4v) is 4.40. The molecule has 2 aliphatic rings. The third-order valence-corrected chi connectivity index (χ3v) is 5.74. The normalized spacial score (nSPS) is 26.7. The van der Waals surface area contributed by atoms with Gasteiger partial charge >= 0.3 is 0 Å². The minimum absolute atomic E-state index is 0.00972. The van der Waals surface area contributed by atoms with Crippen LogP contribution in [0.1, 0.15) is 24.0 Å². The summed E-state index contributed by atoms with van der Waals surface area (Å²) in [5, 5.41) is 3.35. The predicted molar refractivity (Wildman–Crippen MR) is 124 cm³/mol. The monoisotopic (exact) mass is 426 g/mol. The number of hydrogen-bond donors (Lipinski definition) is 5. The number of nitrogens with zero attached hydrogens (tertiary/aromatic N) is 5. The highest BCUT2D eigenvalue weighted by Crippen LogP contribution is 2.22. The van der Waals surface area contributed by atoms with Crippen molar-refractivity contribution in [3.05, 3.63) is 35.4 Å². The molecule has 1 aromatic heterocycles. The number of nitrogens with one attached hydrogen (secondary N) is 1. The van der Waals surface area contributed by atoms with Crippen molar-refractivity contribution < 1.29 is 0 Å². The fourth-order valence-electron chi connectivity index (χ4n) is 4.40. The van der Waals surface area contributed by atoms with E-state index < -0.39 is 0 Å². The Kier molecular flexibility index (Phi) is 6.51. The van der Waals surface area contributed by atoms with E-state index in [0.717, 1.165) is 18.4 Å². The maximum absolute atomic E-state index is 6.21. The quantitative estimate of drug-likeness (QED) is 0.422. The summed E-state index contributed by atoms with van der Waals surface area (Å²) in [6.45, 7) is 5.33. The van der Waals surface area contributed by atoms with E-state index in [4.69, 9.17) is 27.9 Å². The van der Waals surface area contributed by atoms with Gasteiger partial charge in [-0.3, -0.25) is 0 Å². The van der Waals surface area contributed by atoms with Crippen LogP contribution in [0.15, 0.2) is 24.3 Å². The highest BCUT2D eigenvalue weighted by molar-refractivity contribution is 5.47. The average Bonchev–Trinajstić information content (AvgIpc) is 2.71. The molecule has 9 N–H and O–H groups in total. The molecule has 2 fully saturated rings. The molecule has 0 saturated carbocycles. The lowest BCUT2D eigenvalue weighted by Gasteiger charge is -2.37. The van der Waals surface area contributed by atoms with E-state index in [-0.39, 0.29) is 24.2 Å². The van der Waals surface area contributed by atoms with Crippen molar-refractivity contribution in [3.63, 3.8) is 0 Å². The largest absolute Gasteiger partial charge is 0.350 e. The molecule has 31 heavy (non-hydrogen) atoms. The van der Waals surface area contributed by atoms with Gasteiger partial charge in [-0.25, -0.2) is 0 Å². The lowest BCUT2D eigenvalue weighted by atomic mass is 10.0. The Balaban J connectivity index is 1.61. The second kappa shape index (κ2) is 9.31. The third-order valence-electron chi connectivity index (χ3n) is 5.74. The summed E-state index contributed by atoms with van der Waals surface area (Å²) in [5.41, 5.74) is 27.2. The highest BCUT2D eigenvalue weighted by Gasteiger charge is 2.28. The van der Waals surface area contributed by atoms with Crippen LogP contribution in [0.25, 0.3) is 0 Å². The van der Waals surface area contributed by atoms with Crippen LogP contribution in [-0.4, -0.2) is 65.3 Å². The molecule has 10 heteroatoms. The second-order valence-corrected chi connectivity index (χ2v) is 8.92. The molecular weight excluding hydrogens is 392 g/mol. The standard InChI is InChI=1S/C21H34N10/c1-13-3-2-4-14(5-13)8-26-19-27-20(30-9-15(22)6-16(23)10-30)29-21(28-19)31-11-17(24)7-18(25)12-31/h2-5,15-18H,6-12,22-25H2,1H3,(H,26,27,28,29)/t15-,16+,17-,18+.